The first-order valence-corrected chi connectivity index (χ1v) is 6.25. The largest absolute Gasteiger partial charge is 0.396 e. The molecule has 96 valence electrons. The first-order valence-electron chi connectivity index (χ1n) is 6.25. The van der Waals surface area contributed by atoms with Gasteiger partial charge in [-0.15, -0.1) is 0 Å². The van der Waals surface area contributed by atoms with Gasteiger partial charge in [0.25, 0.3) is 0 Å². The maximum atomic E-state index is 9.08. The summed E-state index contributed by atoms with van der Waals surface area (Å²) >= 11 is 0. The number of fused-ring (bicyclic) bond motifs is 1. The van der Waals surface area contributed by atoms with E-state index in [1.54, 1.807) is 6.20 Å². The smallest absolute Gasteiger partial charge is 0.0890 e. The number of aliphatic hydroxyl groups excluding tert-OH is 1. The molecular weight excluding hydrogens is 226 g/mol. The number of para-hydroxylation sites is 2. The highest BCUT2D eigenvalue weighted by molar-refractivity contribution is 5.73. The monoisotopic (exact) mass is 245 g/mol. The van der Waals surface area contributed by atoms with Gasteiger partial charge in [0.05, 0.1) is 22.9 Å². The van der Waals surface area contributed by atoms with Crippen LogP contribution in [-0.2, 0) is 6.54 Å². The molecule has 0 aliphatic carbocycles. The van der Waals surface area contributed by atoms with Crippen LogP contribution in [0.4, 0.5) is 0 Å². The van der Waals surface area contributed by atoms with E-state index in [0.717, 1.165) is 16.7 Å². The van der Waals surface area contributed by atoms with Crippen LogP contribution < -0.4 is 5.32 Å². The van der Waals surface area contributed by atoms with Crippen LogP contribution in [0.5, 0.6) is 0 Å². The molecule has 2 aromatic rings. The molecule has 0 bridgehead atoms. The Morgan fingerprint density at radius 2 is 1.94 bits per heavy atom. The number of hydrogen-bond acceptors (Lipinski definition) is 4. The van der Waals surface area contributed by atoms with E-state index in [1.165, 1.54) is 0 Å². The lowest BCUT2D eigenvalue weighted by atomic mass is 10.1. The van der Waals surface area contributed by atoms with Crippen molar-refractivity contribution in [2.75, 3.05) is 6.61 Å². The zero-order valence-electron chi connectivity index (χ0n) is 10.8. The third-order valence-electron chi connectivity index (χ3n) is 3.25. The number of aromatic nitrogens is 2. The maximum Gasteiger partial charge on any atom is 0.0890 e. The van der Waals surface area contributed by atoms with Gasteiger partial charge in [-0.2, -0.15) is 0 Å². The molecule has 2 N–H and O–H groups in total. The number of nitrogens with zero attached hydrogens (tertiary/aromatic N) is 2. The first kappa shape index (κ1) is 12.9. The minimum atomic E-state index is 0.192. The van der Waals surface area contributed by atoms with E-state index in [9.17, 15) is 0 Å². The molecule has 0 fully saturated rings. The van der Waals surface area contributed by atoms with Crippen LogP contribution in [0.15, 0.2) is 30.5 Å². The summed E-state index contributed by atoms with van der Waals surface area (Å²) < 4.78 is 0. The van der Waals surface area contributed by atoms with E-state index in [1.807, 2.05) is 31.2 Å². The molecular formula is C14H19N3O. The standard InChI is InChI=1S/C14H19N3O/c1-10(9-18)11(2)15-7-12-8-16-13-5-3-4-6-14(13)17-12/h3-6,8,10-11,15,18H,7,9H2,1-2H3. The highest BCUT2D eigenvalue weighted by Gasteiger charge is 2.10. The van der Waals surface area contributed by atoms with Crippen molar-refractivity contribution >= 4 is 11.0 Å². The summed E-state index contributed by atoms with van der Waals surface area (Å²) in [5.74, 6) is 0.235. The van der Waals surface area contributed by atoms with Gasteiger partial charge in [0.15, 0.2) is 0 Å². The molecule has 0 saturated carbocycles. The van der Waals surface area contributed by atoms with Crippen LogP contribution in [0.25, 0.3) is 11.0 Å². The summed E-state index contributed by atoms with van der Waals surface area (Å²) in [4.78, 5) is 8.92. The van der Waals surface area contributed by atoms with E-state index >= 15 is 0 Å². The van der Waals surface area contributed by atoms with Crippen molar-refractivity contribution in [2.24, 2.45) is 5.92 Å². The molecule has 0 saturated heterocycles. The Balaban J connectivity index is 2.04. The predicted octanol–water partition coefficient (Wildman–Crippen LogP) is 1.74. The van der Waals surface area contributed by atoms with E-state index in [0.29, 0.717) is 6.54 Å². The zero-order valence-corrected chi connectivity index (χ0v) is 10.8. The molecule has 18 heavy (non-hydrogen) atoms. The molecule has 2 rings (SSSR count). The lowest BCUT2D eigenvalue weighted by molar-refractivity contribution is 0.207. The van der Waals surface area contributed by atoms with Crippen molar-refractivity contribution in [1.82, 2.24) is 15.3 Å². The SMILES string of the molecule is CC(CO)C(C)NCc1cnc2ccccc2n1. The number of aliphatic hydroxyl groups is 1. The van der Waals surface area contributed by atoms with Gasteiger partial charge >= 0.3 is 0 Å². The minimum Gasteiger partial charge on any atom is -0.396 e. The third kappa shape index (κ3) is 3.03. The van der Waals surface area contributed by atoms with Crippen molar-refractivity contribution in [1.29, 1.82) is 0 Å². The second-order valence-corrected chi connectivity index (χ2v) is 4.68. The van der Waals surface area contributed by atoms with Crippen LogP contribution in [0, 0.1) is 5.92 Å². The normalized spacial score (nSPS) is 14.6. The summed E-state index contributed by atoms with van der Waals surface area (Å²) in [6, 6.07) is 8.09. The van der Waals surface area contributed by atoms with E-state index in [4.69, 9.17) is 5.11 Å². The highest BCUT2D eigenvalue weighted by atomic mass is 16.3. The van der Waals surface area contributed by atoms with Crippen LogP contribution >= 0.6 is 0 Å². The van der Waals surface area contributed by atoms with Crippen LogP contribution in [0.1, 0.15) is 19.5 Å². The molecule has 0 aliphatic heterocycles. The summed E-state index contributed by atoms with van der Waals surface area (Å²) in [6.45, 7) is 4.94. The van der Waals surface area contributed by atoms with E-state index in [-0.39, 0.29) is 18.6 Å². The van der Waals surface area contributed by atoms with Gasteiger partial charge < -0.3 is 10.4 Å². The van der Waals surface area contributed by atoms with Crippen molar-refractivity contribution in [2.45, 2.75) is 26.4 Å². The predicted molar refractivity (Wildman–Crippen MR) is 72.1 cm³/mol. The van der Waals surface area contributed by atoms with Gasteiger partial charge in [0, 0.05) is 19.2 Å². The number of benzene rings is 1. The summed E-state index contributed by atoms with van der Waals surface area (Å²) in [7, 11) is 0. The maximum absolute atomic E-state index is 9.08. The molecule has 0 spiro atoms. The van der Waals surface area contributed by atoms with Gasteiger partial charge in [0.1, 0.15) is 0 Å². The van der Waals surface area contributed by atoms with Gasteiger partial charge in [-0.05, 0) is 25.0 Å². The number of nitrogens with one attached hydrogen (secondary N) is 1. The first-order chi connectivity index (χ1) is 8.70. The Bertz CT molecular complexity index is 515. The Hall–Kier alpha value is -1.52. The lowest BCUT2D eigenvalue weighted by Crippen LogP contribution is -2.33. The molecule has 0 radical (unpaired) electrons. The molecule has 4 heteroatoms. The zero-order chi connectivity index (χ0) is 13.0. The minimum absolute atomic E-state index is 0.192. The van der Waals surface area contributed by atoms with E-state index in [2.05, 4.69) is 22.2 Å². The Labute approximate surface area is 107 Å². The average molecular weight is 245 g/mol. The Kier molecular flexibility index (Phi) is 4.23. The van der Waals surface area contributed by atoms with Gasteiger partial charge in [-0.1, -0.05) is 19.1 Å². The topological polar surface area (TPSA) is 58.0 Å². The quantitative estimate of drug-likeness (QED) is 0.842. The van der Waals surface area contributed by atoms with Crippen molar-refractivity contribution in [3.05, 3.63) is 36.2 Å². The van der Waals surface area contributed by atoms with Crippen molar-refractivity contribution in [3.8, 4) is 0 Å². The molecule has 0 amide bonds. The highest BCUT2D eigenvalue weighted by Crippen LogP contribution is 2.09. The second kappa shape index (κ2) is 5.89. The van der Waals surface area contributed by atoms with E-state index < -0.39 is 0 Å². The molecule has 1 heterocycles. The van der Waals surface area contributed by atoms with Crippen LogP contribution in [-0.4, -0.2) is 27.7 Å². The van der Waals surface area contributed by atoms with Gasteiger partial charge in [-0.3, -0.25) is 4.98 Å². The van der Waals surface area contributed by atoms with Crippen LogP contribution in [0.2, 0.25) is 0 Å². The summed E-state index contributed by atoms with van der Waals surface area (Å²) in [5.41, 5.74) is 2.75. The van der Waals surface area contributed by atoms with Crippen LogP contribution in [0.3, 0.4) is 0 Å². The molecule has 0 aliphatic rings. The fraction of sp³-hybridized carbons (Fsp3) is 0.429. The lowest BCUT2D eigenvalue weighted by Gasteiger charge is -2.18. The fourth-order valence-electron chi connectivity index (χ4n) is 1.71. The summed E-state index contributed by atoms with van der Waals surface area (Å²) in [6.07, 6.45) is 1.80. The average Bonchev–Trinajstić information content (AvgIpc) is 2.43. The molecule has 2 unspecified atom stereocenters. The summed E-state index contributed by atoms with van der Waals surface area (Å²) in [5, 5.41) is 12.4. The Morgan fingerprint density at radius 3 is 2.67 bits per heavy atom. The van der Waals surface area contributed by atoms with Gasteiger partial charge in [-0.25, -0.2) is 4.98 Å². The molecule has 1 aromatic carbocycles. The second-order valence-electron chi connectivity index (χ2n) is 4.68. The molecule has 4 nitrogen and oxygen atoms in total. The van der Waals surface area contributed by atoms with Crippen molar-refractivity contribution in [3.63, 3.8) is 0 Å². The number of hydrogen-bond donors (Lipinski definition) is 2. The number of rotatable bonds is 5. The third-order valence-corrected chi connectivity index (χ3v) is 3.25. The molecule has 1 aromatic heterocycles. The van der Waals surface area contributed by atoms with Crippen molar-refractivity contribution < 1.29 is 5.11 Å². The molecule has 2 atom stereocenters. The Morgan fingerprint density at radius 1 is 1.22 bits per heavy atom. The van der Waals surface area contributed by atoms with Gasteiger partial charge in [0.2, 0.25) is 0 Å². The fourth-order valence-corrected chi connectivity index (χ4v) is 1.71.